The second-order valence-corrected chi connectivity index (χ2v) is 8.35. The third-order valence-electron chi connectivity index (χ3n) is 3.46. The molecule has 94 valence electrons. The van der Waals surface area contributed by atoms with Crippen LogP contribution >= 0.6 is 15.9 Å². The highest BCUT2D eigenvalue weighted by Crippen LogP contribution is 2.31. The Morgan fingerprint density at radius 2 is 1.88 bits per heavy atom. The van der Waals surface area contributed by atoms with Gasteiger partial charge >= 0.3 is 0 Å². The summed E-state index contributed by atoms with van der Waals surface area (Å²) < 4.78 is 26.1. The Hall–Kier alpha value is 0.390. The predicted octanol–water partition coefficient (Wildman–Crippen LogP) is 2.27. The molecule has 1 N–H and O–H groups in total. The zero-order chi connectivity index (χ0) is 11.6. The maximum atomic E-state index is 11.7. The summed E-state index contributed by atoms with van der Waals surface area (Å²) in [6.07, 6.45) is 6.89. The lowest BCUT2D eigenvalue weighted by Gasteiger charge is -2.25. The zero-order valence-electron chi connectivity index (χ0n) is 9.49. The van der Waals surface area contributed by atoms with Gasteiger partial charge in [-0.15, -0.1) is 0 Å². The molecule has 0 radical (unpaired) electrons. The van der Waals surface area contributed by atoms with Gasteiger partial charge in [0.2, 0.25) is 10.0 Å². The smallest absolute Gasteiger partial charge is 0.211 e. The summed E-state index contributed by atoms with van der Waals surface area (Å²) in [6, 6.07) is 0. The van der Waals surface area contributed by atoms with Crippen molar-refractivity contribution in [2.75, 3.05) is 12.3 Å². The van der Waals surface area contributed by atoms with Gasteiger partial charge in [0.05, 0.1) is 5.75 Å². The van der Waals surface area contributed by atoms with E-state index in [4.69, 9.17) is 0 Å². The maximum Gasteiger partial charge on any atom is 0.211 e. The number of hydrogen-bond acceptors (Lipinski definition) is 2. The van der Waals surface area contributed by atoms with Crippen molar-refractivity contribution in [3.63, 3.8) is 0 Å². The largest absolute Gasteiger partial charge is 0.215 e. The van der Waals surface area contributed by atoms with E-state index >= 15 is 0 Å². The molecule has 2 unspecified atom stereocenters. The van der Waals surface area contributed by atoms with Gasteiger partial charge in [0, 0.05) is 11.4 Å². The Morgan fingerprint density at radius 1 is 1.12 bits per heavy atom. The van der Waals surface area contributed by atoms with E-state index in [1.165, 1.54) is 12.8 Å². The Kier molecular flexibility index (Phi) is 4.30. The molecule has 2 fully saturated rings. The second-order valence-electron chi connectivity index (χ2n) is 5.20. The summed E-state index contributed by atoms with van der Waals surface area (Å²) in [6.45, 7) is 0.636. The van der Waals surface area contributed by atoms with Crippen molar-refractivity contribution in [2.45, 2.75) is 43.4 Å². The highest BCUT2D eigenvalue weighted by Gasteiger charge is 2.28. The summed E-state index contributed by atoms with van der Waals surface area (Å²) in [5, 5.41) is 0. The van der Waals surface area contributed by atoms with Crippen LogP contribution in [0, 0.1) is 11.8 Å². The third kappa shape index (κ3) is 4.34. The van der Waals surface area contributed by atoms with Crippen LogP contribution in [0.5, 0.6) is 0 Å². The fourth-order valence-electron chi connectivity index (χ4n) is 2.31. The average molecular weight is 310 g/mol. The quantitative estimate of drug-likeness (QED) is 0.792. The van der Waals surface area contributed by atoms with E-state index in [2.05, 4.69) is 20.7 Å². The van der Waals surface area contributed by atoms with Gasteiger partial charge in [0.25, 0.3) is 0 Å². The summed E-state index contributed by atoms with van der Waals surface area (Å²) in [5.74, 6) is 1.30. The number of halogens is 1. The van der Waals surface area contributed by atoms with Gasteiger partial charge in [0.1, 0.15) is 0 Å². The molecule has 0 bridgehead atoms. The van der Waals surface area contributed by atoms with Crippen LogP contribution in [-0.2, 0) is 10.0 Å². The van der Waals surface area contributed by atoms with E-state index in [1.807, 2.05) is 0 Å². The maximum absolute atomic E-state index is 11.7. The van der Waals surface area contributed by atoms with E-state index in [-0.39, 0.29) is 0 Å². The van der Waals surface area contributed by atoms with Crippen molar-refractivity contribution < 1.29 is 8.42 Å². The molecule has 2 atom stereocenters. The average Bonchev–Trinajstić information content (AvgIpc) is 2.98. The van der Waals surface area contributed by atoms with Crippen molar-refractivity contribution in [3.8, 4) is 0 Å². The van der Waals surface area contributed by atoms with Crippen LogP contribution in [0.3, 0.4) is 0 Å². The van der Waals surface area contributed by atoms with Gasteiger partial charge in [-0.2, -0.15) is 0 Å². The molecule has 0 saturated heterocycles. The molecule has 5 heteroatoms. The first-order valence-corrected chi connectivity index (χ1v) is 8.73. The fraction of sp³-hybridized carbons (Fsp3) is 1.00. The highest BCUT2D eigenvalue weighted by molar-refractivity contribution is 9.09. The van der Waals surface area contributed by atoms with E-state index < -0.39 is 10.0 Å². The normalized spacial score (nSPS) is 31.6. The number of alkyl halides is 1. The summed E-state index contributed by atoms with van der Waals surface area (Å²) >= 11 is 3.62. The first kappa shape index (κ1) is 12.8. The fourth-order valence-corrected chi connectivity index (χ4v) is 4.72. The van der Waals surface area contributed by atoms with Crippen molar-refractivity contribution in [1.29, 1.82) is 0 Å². The lowest BCUT2D eigenvalue weighted by molar-refractivity contribution is 0.367. The number of rotatable bonds is 5. The number of hydrogen-bond donors (Lipinski definition) is 1. The predicted molar refractivity (Wildman–Crippen MR) is 69.2 cm³/mol. The van der Waals surface area contributed by atoms with Crippen LogP contribution in [0.4, 0.5) is 0 Å². The number of sulfonamides is 1. The zero-order valence-corrected chi connectivity index (χ0v) is 11.9. The topological polar surface area (TPSA) is 46.2 Å². The first-order chi connectivity index (χ1) is 7.55. The molecule has 0 aromatic carbocycles. The molecule has 2 aliphatic rings. The number of nitrogens with one attached hydrogen (secondary N) is 1. The first-order valence-electron chi connectivity index (χ1n) is 6.16. The molecular formula is C11H20BrNO2S. The lowest BCUT2D eigenvalue weighted by Crippen LogP contribution is -2.33. The van der Waals surface area contributed by atoms with E-state index in [1.54, 1.807) is 0 Å². The van der Waals surface area contributed by atoms with Gasteiger partial charge in [-0.05, 0) is 43.9 Å². The van der Waals surface area contributed by atoms with Crippen molar-refractivity contribution in [1.82, 2.24) is 4.72 Å². The van der Waals surface area contributed by atoms with Crippen LogP contribution in [0.15, 0.2) is 0 Å². The molecule has 0 aromatic heterocycles. The SMILES string of the molecule is O=S(=O)(CC1CC1)NCC1CCCC(Br)C1. The molecule has 3 nitrogen and oxygen atoms in total. The molecule has 2 aliphatic carbocycles. The van der Waals surface area contributed by atoms with Crippen molar-refractivity contribution in [3.05, 3.63) is 0 Å². The van der Waals surface area contributed by atoms with Gasteiger partial charge in [0.15, 0.2) is 0 Å². The van der Waals surface area contributed by atoms with Crippen LogP contribution < -0.4 is 4.72 Å². The highest BCUT2D eigenvalue weighted by atomic mass is 79.9. The molecule has 2 rings (SSSR count). The minimum atomic E-state index is -3.00. The molecule has 0 aromatic rings. The summed E-state index contributed by atoms with van der Waals surface area (Å²) in [5.41, 5.74) is 0. The van der Waals surface area contributed by atoms with Gasteiger partial charge in [-0.3, -0.25) is 0 Å². The van der Waals surface area contributed by atoms with Crippen molar-refractivity contribution >= 4 is 26.0 Å². The van der Waals surface area contributed by atoms with Gasteiger partial charge in [-0.1, -0.05) is 22.4 Å². The van der Waals surface area contributed by atoms with E-state index in [9.17, 15) is 8.42 Å². The second kappa shape index (κ2) is 5.36. The van der Waals surface area contributed by atoms with Crippen LogP contribution in [0.25, 0.3) is 0 Å². The van der Waals surface area contributed by atoms with Crippen LogP contribution in [0.1, 0.15) is 38.5 Å². The summed E-state index contributed by atoms with van der Waals surface area (Å²) in [7, 11) is -3.00. The van der Waals surface area contributed by atoms with E-state index in [0.717, 1.165) is 25.7 Å². The van der Waals surface area contributed by atoms with Crippen LogP contribution in [-0.4, -0.2) is 25.5 Å². The minimum Gasteiger partial charge on any atom is -0.215 e. The third-order valence-corrected chi connectivity index (χ3v) is 5.81. The lowest BCUT2D eigenvalue weighted by atomic mass is 9.89. The molecule has 2 saturated carbocycles. The minimum absolute atomic E-state index is 0.345. The van der Waals surface area contributed by atoms with Crippen molar-refractivity contribution in [2.24, 2.45) is 11.8 Å². The summed E-state index contributed by atoms with van der Waals surface area (Å²) in [4.78, 5) is 0.583. The Balaban J connectivity index is 1.72. The monoisotopic (exact) mass is 309 g/mol. The molecule has 0 aliphatic heterocycles. The molecule has 0 amide bonds. The Labute approximate surface area is 107 Å². The van der Waals surface area contributed by atoms with Gasteiger partial charge < -0.3 is 0 Å². The molecule has 16 heavy (non-hydrogen) atoms. The van der Waals surface area contributed by atoms with Crippen LogP contribution in [0.2, 0.25) is 0 Å². The molecule has 0 spiro atoms. The van der Waals surface area contributed by atoms with Gasteiger partial charge in [-0.25, -0.2) is 13.1 Å². The molecular weight excluding hydrogens is 290 g/mol. The Morgan fingerprint density at radius 3 is 2.50 bits per heavy atom. The molecule has 0 heterocycles. The standard InChI is InChI=1S/C11H20BrNO2S/c12-11-3-1-2-10(6-11)7-13-16(14,15)8-9-4-5-9/h9-11,13H,1-8H2. The Bertz CT molecular complexity index is 327. The van der Waals surface area contributed by atoms with E-state index in [0.29, 0.717) is 29.0 Å².